The Morgan fingerprint density at radius 3 is 2.71 bits per heavy atom. The van der Waals surface area contributed by atoms with Gasteiger partial charge >= 0.3 is 0 Å². The van der Waals surface area contributed by atoms with Crippen LogP contribution in [0.3, 0.4) is 0 Å². The Bertz CT molecular complexity index is 953. The number of nitrogens with zero attached hydrogens (tertiary/aromatic N) is 6. The number of anilines is 2. The highest BCUT2D eigenvalue weighted by molar-refractivity contribution is 5.75. The third kappa shape index (κ3) is 3.26. The van der Waals surface area contributed by atoms with E-state index >= 15 is 0 Å². The molecule has 2 fully saturated rings. The average Bonchev–Trinajstić information content (AvgIpc) is 3.46. The molecule has 1 saturated heterocycles. The maximum atomic E-state index is 6.24. The zero-order valence-electron chi connectivity index (χ0n) is 15.7. The highest BCUT2D eigenvalue weighted by atomic mass is 16.5. The summed E-state index contributed by atoms with van der Waals surface area (Å²) in [6.45, 7) is 0.664. The van der Waals surface area contributed by atoms with E-state index in [-0.39, 0.29) is 12.3 Å². The van der Waals surface area contributed by atoms with Crippen molar-refractivity contribution in [3.05, 3.63) is 30.5 Å². The average molecular weight is 380 g/mol. The molecule has 2 aliphatic rings. The van der Waals surface area contributed by atoms with Crippen molar-refractivity contribution < 1.29 is 4.74 Å². The van der Waals surface area contributed by atoms with Crippen molar-refractivity contribution in [1.29, 1.82) is 0 Å². The Labute approximate surface area is 162 Å². The van der Waals surface area contributed by atoms with Crippen molar-refractivity contribution in [1.82, 2.24) is 29.5 Å². The molecule has 1 aliphatic heterocycles. The molecule has 0 radical (unpaired) electrons. The minimum atomic E-state index is -0.0979. The zero-order chi connectivity index (χ0) is 18.9. The molecule has 0 bridgehead atoms. The normalized spacial score (nSPS) is 22.9. The fourth-order valence-corrected chi connectivity index (χ4v) is 4.29. The first-order chi connectivity index (χ1) is 13.8. The van der Waals surface area contributed by atoms with Gasteiger partial charge in [-0.3, -0.25) is 4.57 Å². The number of imidazole rings is 1. The van der Waals surface area contributed by atoms with E-state index in [4.69, 9.17) is 10.5 Å². The molecule has 9 nitrogen and oxygen atoms in total. The Balaban J connectivity index is 1.34. The largest absolute Gasteiger partial charge is 0.368 e. The number of nitrogens with one attached hydrogen (secondary N) is 1. The van der Waals surface area contributed by atoms with Gasteiger partial charge in [-0.2, -0.15) is 4.98 Å². The molecule has 5 rings (SSSR count). The molecule has 1 saturated carbocycles. The minimum Gasteiger partial charge on any atom is -0.368 e. The van der Waals surface area contributed by atoms with E-state index in [1.165, 1.54) is 12.8 Å². The number of fused-ring (bicyclic) bond motifs is 1. The second-order valence-corrected chi connectivity index (χ2v) is 7.52. The van der Waals surface area contributed by atoms with Gasteiger partial charge in [0.2, 0.25) is 11.9 Å². The molecule has 3 aromatic heterocycles. The van der Waals surface area contributed by atoms with Crippen molar-refractivity contribution in [2.24, 2.45) is 0 Å². The van der Waals surface area contributed by atoms with Crippen LogP contribution in [0.1, 0.15) is 56.4 Å². The van der Waals surface area contributed by atoms with Gasteiger partial charge in [-0.05, 0) is 31.7 Å². The predicted molar refractivity (Wildman–Crippen MR) is 105 cm³/mol. The van der Waals surface area contributed by atoms with Crippen LogP contribution in [0.25, 0.3) is 11.2 Å². The fraction of sp³-hybridized carbons (Fsp3) is 0.526. The minimum absolute atomic E-state index is 0.0831. The Morgan fingerprint density at radius 2 is 1.89 bits per heavy atom. The third-order valence-corrected chi connectivity index (χ3v) is 5.66. The number of nitrogen functional groups attached to an aromatic ring is 1. The molecule has 28 heavy (non-hydrogen) atoms. The third-order valence-electron chi connectivity index (χ3n) is 5.66. The second-order valence-electron chi connectivity index (χ2n) is 7.52. The standard InChI is InChI=1S/C19H24N8O/c20-18-25-15(12-4-1-2-5-12)16-17(26-18)27(11-24-16)14-7-6-13(28-14)10-23-19-21-8-3-9-22-19/h3,8-9,11-14H,1-2,4-7,10H2,(H2,20,25,26)(H,21,22,23). The maximum Gasteiger partial charge on any atom is 0.222 e. The summed E-state index contributed by atoms with van der Waals surface area (Å²) in [7, 11) is 0. The number of aromatic nitrogens is 6. The van der Waals surface area contributed by atoms with Crippen LogP contribution in [0.5, 0.6) is 0 Å². The quantitative estimate of drug-likeness (QED) is 0.694. The van der Waals surface area contributed by atoms with Crippen LogP contribution in [-0.2, 0) is 4.74 Å². The lowest BCUT2D eigenvalue weighted by Gasteiger charge is -2.16. The van der Waals surface area contributed by atoms with Crippen LogP contribution in [0, 0.1) is 0 Å². The lowest BCUT2D eigenvalue weighted by atomic mass is 10.0. The molecule has 3 N–H and O–H groups in total. The van der Waals surface area contributed by atoms with Crippen LogP contribution in [-0.4, -0.2) is 42.1 Å². The molecular weight excluding hydrogens is 356 g/mol. The number of nitrogens with two attached hydrogens (primary N) is 1. The number of ether oxygens (including phenoxy) is 1. The van der Waals surface area contributed by atoms with Gasteiger partial charge in [-0.15, -0.1) is 0 Å². The smallest absolute Gasteiger partial charge is 0.222 e. The lowest BCUT2D eigenvalue weighted by Crippen LogP contribution is -2.21. The Kier molecular flexibility index (Phi) is 4.52. The van der Waals surface area contributed by atoms with Gasteiger partial charge in [0.1, 0.15) is 11.7 Å². The molecule has 3 aromatic rings. The van der Waals surface area contributed by atoms with Gasteiger partial charge in [-0.25, -0.2) is 19.9 Å². The Morgan fingerprint density at radius 1 is 1.07 bits per heavy atom. The van der Waals surface area contributed by atoms with Gasteiger partial charge < -0.3 is 15.8 Å². The summed E-state index contributed by atoms with van der Waals surface area (Å²) in [5.41, 5.74) is 8.67. The zero-order valence-corrected chi connectivity index (χ0v) is 15.7. The van der Waals surface area contributed by atoms with Crippen LogP contribution >= 0.6 is 0 Å². The highest BCUT2D eigenvalue weighted by Crippen LogP contribution is 2.37. The molecule has 9 heteroatoms. The van der Waals surface area contributed by atoms with E-state index < -0.39 is 0 Å². The lowest BCUT2D eigenvalue weighted by molar-refractivity contribution is 0.0104. The molecule has 146 valence electrons. The van der Waals surface area contributed by atoms with E-state index in [9.17, 15) is 0 Å². The second kappa shape index (κ2) is 7.31. The predicted octanol–water partition coefficient (Wildman–Crippen LogP) is 2.65. The number of rotatable bonds is 5. The van der Waals surface area contributed by atoms with Crippen molar-refractivity contribution in [3.8, 4) is 0 Å². The number of hydrogen-bond donors (Lipinski definition) is 2. The van der Waals surface area contributed by atoms with Crippen molar-refractivity contribution >= 4 is 23.1 Å². The van der Waals surface area contributed by atoms with Gasteiger partial charge in [0.15, 0.2) is 5.65 Å². The summed E-state index contributed by atoms with van der Waals surface area (Å²) >= 11 is 0. The molecule has 0 amide bonds. The SMILES string of the molecule is Nc1nc(C2CCCC2)c2ncn(C3CCC(CNc4ncccn4)O3)c2n1. The summed E-state index contributed by atoms with van der Waals surface area (Å²) < 4.78 is 8.25. The molecule has 2 unspecified atom stereocenters. The van der Waals surface area contributed by atoms with Gasteiger partial charge in [0.05, 0.1) is 18.1 Å². The van der Waals surface area contributed by atoms with Gasteiger partial charge in [0.25, 0.3) is 0 Å². The van der Waals surface area contributed by atoms with Crippen LogP contribution in [0.4, 0.5) is 11.9 Å². The van der Waals surface area contributed by atoms with Crippen LogP contribution in [0.2, 0.25) is 0 Å². The van der Waals surface area contributed by atoms with Gasteiger partial charge in [-0.1, -0.05) is 12.8 Å². The molecule has 0 spiro atoms. The van der Waals surface area contributed by atoms with Gasteiger partial charge in [0, 0.05) is 24.9 Å². The van der Waals surface area contributed by atoms with Crippen LogP contribution in [0.15, 0.2) is 24.8 Å². The topological polar surface area (TPSA) is 117 Å². The summed E-state index contributed by atoms with van der Waals surface area (Å²) in [4.78, 5) is 22.0. The van der Waals surface area contributed by atoms with Crippen molar-refractivity contribution in [3.63, 3.8) is 0 Å². The Hall–Kier alpha value is -2.81. The van der Waals surface area contributed by atoms with E-state index in [1.54, 1.807) is 18.5 Å². The van der Waals surface area contributed by atoms with Crippen molar-refractivity contribution in [2.45, 2.75) is 56.8 Å². The fourth-order valence-electron chi connectivity index (χ4n) is 4.29. The molecule has 1 aliphatic carbocycles. The first-order valence-corrected chi connectivity index (χ1v) is 9.94. The monoisotopic (exact) mass is 380 g/mol. The maximum absolute atomic E-state index is 6.24. The van der Waals surface area contributed by atoms with E-state index in [2.05, 4.69) is 30.2 Å². The van der Waals surface area contributed by atoms with Crippen molar-refractivity contribution in [2.75, 3.05) is 17.6 Å². The summed E-state index contributed by atoms with van der Waals surface area (Å²) in [6, 6.07) is 1.80. The van der Waals surface area contributed by atoms with E-state index in [1.807, 2.05) is 10.9 Å². The molecule has 0 aromatic carbocycles. The summed E-state index contributed by atoms with van der Waals surface area (Å²) in [5.74, 6) is 1.36. The molecule has 4 heterocycles. The first-order valence-electron chi connectivity index (χ1n) is 9.94. The molecular formula is C19H24N8O. The molecule has 2 atom stereocenters. The summed E-state index contributed by atoms with van der Waals surface area (Å²) in [5, 5.41) is 3.23. The van der Waals surface area contributed by atoms with E-state index in [0.29, 0.717) is 24.4 Å². The van der Waals surface area contributed by atoms with E-state index in [0.717, 1.165) is 42.5 Å². The summed E-state index contributed by atoms with van der Waals surface area (Å²) in [6.07, 6.45) is 11.9. The van der Waals surface area contributed by atoms with Crippen LogP contribution < -0.4 is 11.1 Å². The highest BCUT2D eigenvalue weighted by Gasteiger charge is 2.30. The first kappa shape index (κ1) is 17.3. The number of hydrogen-bond acceptors (Lipinski definition) is 8.